The zero-order chi connectivity index (χ0) is 30.2. The van der Waals surface area contributed by atoms with Crippen LogP contribution in [0.15, 0.2) is 106 Å². The second-order valence-corrected chi connectivity index (χ2v) is 12.5. The number of aromatic nitrogens is 1. The lowest BCUT2D eigenvalue weighted by Crippen LogP contribution is -2.38. The lowest BCUT2D eigenvalue weighted by atomic mass is 9.83. The van der Waals surface area contributed by atoms with Crippen molar-refractivity contribution >= 4 is 46.3 Å². The van der Waals surface area contributed by atoms with E-state index in [9.17, 15) is 4.79 Å². The number of halogens is 2. The highest BCUT2D eigenvalue weighted by atomic mass is 35.5. The van der Waals surface area contributed by atoms with Crippen molar-refractivity contribution in [2.45, 2.75) is 32.4 Å². The van der Waals surface area contributed by atoms with Crippen molar-refractivity contribution in [1.29, 1.82) is 0 Å². The number of hydrogen-bond donors (Lipinski definition) is 0. The SMILES string of the molecule is CCOc1cc(/C=c2/sc3n(c2=O)[C@@H](c2ccc(Cl)cc2)C2=C(N=3)c3ccccc3CC2)ccc1OCc1ccccc1Cl. The van der Waals surface area contributed by atoms with Crippen LogP contribution in [0, 0.1) is 0 Å². The Morgan fingerprint density at radius 1 is 0.932 bits per heavy atom. The third-order valence-electron chi connectivity index (χ3n) is 7.97. The number of rotatable bonds is 7. The molecule has 44 heavy (non-hydrogen) atoms. The predicted molar refractivity (Wildman–Crippen MR) is 178 cm³/mol. The molecule has 0 saturated heterocycles. The fraction of sp³-hybridized carbons (Fsp3) is 0.167. The van der Waals surface area contributed by atoms with Gasteiger partial charge < -0.3 is 9.47 Å². The van der Waals surface area contributed by atoms with E-state index < -0.39 is 0 Å². The average molecular weight is 640 g/mol. The van der Waals surface area contributed by atoms with Crippen molar-refractivity contribution in [3.05, 3.63) is 154 Å². The van der Waals surface area contributed by atoms with Crippen LogP contribution in [0.5, 0.6) is 11.5 Å². The van der Waals surface area contributed by atoms with Gasteiger partial charge in [0, 0.05) is 21.2 Å². The fourth-order valence-electron chi connectivity index (χ4n) is 5.89. The average Bonchev–Trinajstić information content (AvgIpc) is 3.35. The Bertz CT molecular complexity index is 2100. The molecule has 0 amide bonds. The summed E-state index contributed by atoms with van der Waals surface area (Å²) in [5.74, 6) is 1.21. The van der Waals surface area contributed by atoms with E-state index >= 15 is 0 Å². The molecule has 1 aromatic heterocycles. The summed E-state index contributed by atoms with van der Waals surface area (Å²) in [5, 5.41) is 1.31. The zero-order valence-electron chi connectivity index (χ0n) is 23.9. The molecular formula is C36H28Cl2N2O3S. The highest BCUT2D eigenvalue weighted by Gasteiger charge is 2.32. The summed E-state index contributed by atoms with van der Waals surface area (Å²) in [6.45, 7) is 2.72. The molecule has 2 heterocycles. The molecule has 1 aliphatic heterocycles. The first kappa shape index (κ1) is 28.7. The monoisotopic (exact) mass is 638 g/mol. The minimum atomic E-state index is -0.256. The van der Waals surface area contributed by atoms with Crippen molar-refractivity contribution in [2.24, 2.45) is 4.99 Å². The lowest BCUT2D eigenvalue weighted by Gasteiger charge is -2.30. The molecule has 0 saturated carbocycles. The molecule has 1 atom stereocenters. The van der Waals surface area contributed by atoms with Crippen LogP contribution in [0.2, 0.25) is 10.0 Å². The summed E-state index contributed by atoms with van der Waals surface area (Å²) in [7, 11) is 0. The third-order valence-corrected chi connectivity index (χ3v) is 9.57. The maximum atomic E-state index is 14.1. The molecule has 1 aliphatic carbocycles. The summed E-state index contributed by atoms with van der Waals surface area (Å²) >= 11 is 14.0. The van der Waals surface area contributed by atoms with Crippen LogP contribution in [0.3, 0.4) is 0 Å². The standard InChI is InChI=1S/C36H28Cl2N2O3S/c1-2-42-31-19-22(11-18-30(31)43-21-25-8-4-6-10-29(25)38)20-32-35(41)40-34(24-12-15-26(37)16-13-24)28-17-14-23-7-3-5-9-27(23)33(28)39-36(40)44-32/h3-13,15-16,18-20,34H,2,14,17,21H2,1H3/b32-20+/t34-/m0/s1. The highest BCUT2D eigenvalue weighted by Crippen LogP contribution is 2.41. The molecule has 8 heteroatoms. The number of thiazole rings is 1. The molecule has 4 aromatic carbocycles. The third kappa shape index (κ3) is 5.38. The Balaban J connectivity index is 1.31. The zero-order valence-corrected chi connectivity index (χ0v) is 26.3. The molecule has 5 nitrogen and oxygen atoms in total. The number of ether oxygens (including phenoxy) is 2. The first-order valence-electron chi connectivity index (χ1n) is 14.5. The molecule has 0 fully saturated rings. The summed E-state index contributed by atoms with van der Waals surface area (Å²) in [4.78, 5) is 19.9. The van der Waals surface area contributed by atoms with Gasteiger partial charge in [0.1, 0.15) is 6.61 Å². The molecule has 5 aromatic rings. The van der Waals surface area contributed by atoms with Crippen LogP contribution in [-0.4, -0.2) is 11.2 Å². The summed E-state index contributed by atoms with van der Waals surface area (Å²) in [6.07, 6.45) is 3.64. The molecule has 0 unspecified atom stereocenters. The van der Waals surface area contributed by atoms with Gasteiger partial charge in [-0.2, -0.15) is 0 Å². The minimum absolute atomic E-state index is 0.0730. The Morgan fingerprint density at radius 2 is 1.73 bits per heavy atom. The second kappa shape index (κ2) is 12.1. The molecule has 2 aliphatic rings. The smallest absolute Gasteiger partial charge is 0.271 e. The van der Waals surface area contributed by atoms with E-state index in [2.05, 4.69) is 24.3 Å². The van der Waals surface area contributed by atoms with E-state index in [-0.39, 0.29) is 11.6 Å². The van der Waals surface area contributed by atoms with E-state index in [1.54, 1.807) is 0 Å². The lowest BCUT2D eigenvalue weighted by molar-refractivity contribution is 0.269. The van der Waals surface area contributed by atoms with Gasteiger partial charge >= 0.3 is 0 Å². The van der Waals surface area contributed by atoms with Crippen molar-refractivity contribution in [3.8, 4) is 11.5 Å². The number of hydrogen-bond acceptors (Lipinski definition) is 5. The van der Waals surface area contributed by atoms with Gasteiger partial charge in [-0.1, -0.05) is 95.2 Å². The number of benzene rings is 4. The van der Waals surface area contributed by atoms with E-state index in [4.69, 9.17) is 37.7 Å². The molecule has 7 rings (SSSR count). The maximum absolute atomic E-state index is 14.1. The van der Waals surface area contributed by atoms with Crippen LogP contribution >= 0.6 is 34.5 Å². The predicted octanol–water partition coefficient (Wildman–Crippen LogP) is 7.60. The topological polar surface area (TPSA) is 52.8 Å². The summed E-state index contributed by atoms with van der Waals surface area (Å²) in [5.41, 5.74) is 7.22. The second-order valence-electron chi connectivity index (χ2n) is 10.7. The summed E-state index contributed by atoms with van der Waals surface area (Å²) < 4.78 is 14.5. The minimum Gasteiger partial charge on any atom is -0.490 e. The van der Waals surface area contributed by atoms with Gasteiger partial charge in [0.15, 0.2) is 16.3 Å². The normalized spacial score (nSPS) is 15.7. The van der Waals surface area contributed by atoms with Gasteiger partial charge in [0.2, 0.25) is 0 Å². The number of allylic oxidation sites excluding steroid dienone is 1. The van der Waals surface area contributed by atoms with Crippen LogP contribution in [0.25, 0.3) is 11.8 Å². The van der Waals surface area contributed by atoms with Gasteiger partial charge in [-0.05, 0) is 78.4 Å². The van der Waals surface area contributed by atoms with E-state index in [1.165, 1.54) is 16.9 Å². The van der Waals surface area contributed by atoms with Gasteiger partial charge in [0.05, 0.1) is 22.9 Å². The Hall–Kier alpha value is -4.10. The van der Waals surface area contributed by atoms with Gasteiger partial charge in [-0.3, -0.25) is 9.36 Å². The van der Waals surface area contributed by atoms with Crippen LogP contribution in [-0.2, 0) is 13.0 Å². The molecule has 220 valence electrons. The molecule has 0 N–H and O–H groups in total. The van der Waals surface area contributed by atoms with E-state index in [1.807, 2.05) is 84.3 Å². The van der Waals surface area contributed by atoms with Crippen molar-refractivity contribution in [3.63, 3.8) is 0 Å². The first-order chi connectivity index (χ1) is 21.5. The van der Waals surface area contributed by atoms with Crippen molar-refractivity contribution in [1.82, 2.24) is 4.57 Å². The van der Waals surface area contributed by atoms with Crippen molar-refractivity contribution < 1.29 is 9.47 Å². The van der Waals surface area contributed by atoms with Crippen LogP contribution < -0.4 is 24.4 Å². The number of aryl methyl sites for hydroxylation is 1. The fourth-order valence-corrected chi connectivity index (χ4v) is 7.21. The molecule has 0 radical (unpaired) electrons. The first-order valence-corrected chi connectivity index (χ1v) is 16.1. The molecular weight excluding hydrogens is 611 g/mol. The van der Waals surface area contributed by atoms with Gasteiger partial charge in [-0.15, -0.1) is 0 Å². The number of nitrogens with zero attached hydrogens (tertiary/aromatic N) is 2. The maximum Gasteiger partial charge on any atom is 0.271 e. The Labute approximate surface area is 269 Å². The largest absolute Gasteiger partial charge is 0.490 e. The van der Waals surface area contributed by atoms with Gasteiger partial charge in [-0.25, -0.2) is 4.99 Å². The van der Waals surface area contributed by atoms with E-state index in [0.717, 1.165) is 46.4 Å². The van der Waals surface area contributed by atoms with Crippen LogP contribution in [0.1, 0.15) is 47.2 Å². The van der Waals surface area contributed by atoms with Gasteiger partial charge in [0.25, 0.3) is 5.56 Å². The molecule has 0 spiro atoms. The van der Waals surface area contributed by atoms with Crippen molar-refractivity contribution in [2.75, 3.05) is 6.61 Å². The number of fused-ring (bicyclic) bond motifs is 3. The quantitative estimate of drug-likeness (QED) is 0.184. The van der Waals surface area contributed by atoms with E-state index in [0.29, 0.717) is 44.1 Å². The van der Waals surface area contributed by atoms with Crippen LogP contribution in [0.4, 0.5) is 0 Å². The Morgan fingerprint density at radius 3 is 2.55 bits per heavy atom. The Kier molecular flexibility index (Phi) is 7.89. The summed E-state index contributed by atoms with van der Waals surface area (Å²) in [6, 6.07) is 29.3. The molecule has 0 bridgehead atoms. The highest BCUT2D eigenvalue weighted by molar-refractivity contribution is 7.07.